The summed E-state index contributed by atoms with van der Waals surface area (Å²) in [7, 11) is 0. The van der Waals surface area contributed by atoms with Gasteiger partial charge >= 0.3 is 0 Å². The fourth-order valence-electron chi connectivity index (χ4n) is 1.44. The van der Waals surface area contributed by atoms with E-state index in [4.69, 9.17) is 5.26 Å². The van der Waals surface area contributed by atoms with Gasteiger partial charge in [-0.15, -0.1) is 11.3 Å². The van der Waals surface area contributed by atoms with E-state index >= 15 is 0 Å². The van der Waals surface area contributed by atoms with Crippen LogP contribution in [0.3, 0.4) is 0 Å². The Hall–Kier alpha value is -1.38. The van der Waals surface area contributed by atoms with Gasteiger partial charge in [-0.2, -0.15) is 5.26 Å². The van der Waals surface area contributed by atoms with Crippen LogP contribution in [0.1, 0.15) is 31.0 Å². The maximum Gasteiger partial charge on any atom is 0.187 e. The Kier molecular flexibility index (Phi) is 4.00. The van der Waals surface area contributed by atoms with E-state index in [1.165, 1.54) is 0 Å². The lowest BCUT2D eigenvalue weighted by Gasteiger charge is -2.05. The van der Waals surface area contributed by atoms with Crippen molar-refractivity contribution in [3.63, 3.8) is 0 Å². The van der Waals surface area contributed by atoms with Crippen LogP contribution in [0.2, 0.25) is 0 Å². The monoisotopic (exact) mass is 321 g/mol. The molecule has 0 amide bonds. The van der Waals surface area contributed by atoms with Gasteiger partial charge in [0, 0.05) is 9.85 Å². The molecule has 3 nitrogen and oxygen atoms in total. The van der Waals surface area contributed by atoms with E-state index in [1.807, 2.05) is 17.5 Å². The van der Waals surface area contributed by atoms with Gasteiger partial charge < -0.3 is 5.32 Å². The van der Waals surface area contributed by atoms with Crippen molar-refractivity contribution in [2.75, 3.05) is 5.32 Å². The molecule has 1 aromatic heterocycles. The minimum atomic E-state index is 0.412. The van der Waals surface area contributed by atoms with E-state index in [9.17, 15) is 0 Å². The van der Waals surface area contributed by atoms with Gasteiger partial charge in [-0.05, 0) is 24.1 Å². The highest BCUT2D eigenvalue weighted by Gasteiger charge is 2.08. The fourth-order valence-corrected chi connectivity index (χ4v) is 2.69. The highest BCUT2D eigenvalue weighted by atomic mass is 79.9. The second-order valence-corrected chi connectivity index (χ2v) is 5.93. The zero-order valence-corrected chi connectivity index (χ0v) is 12.5. The number of nitrogens with zero attached hydrogens (tertiary/aromatic N) is 2. The van der Waals surface area contributed by atoms with Crippen LogP contribution in [-0.2, 0) is 0 Å². The molecular formula is C13H12BrN3S. The molecule has 1 heterocycles. The predicted molar refractivity (Wildman–Crippen MR) is 78.3 cm³/mol. The molecule has 2 aromatic rings. The number of hydrogen-bond donors (Lipinski definition) is 1. The number of anilines is 2. The summed E-state index contributed by atoms with van der Waals surface area (Å²) < 4.78 is 0.935. The fraction of sp³-hybridized carbons (Fsp3) is 0.231. The molecule has 5 heteroatoms. The van der Waals surface area contributed by atoms with Crippen LogP contribution in [-0.4, -0.2) is 4.98 Å². The maximum absolute atomic E-state index is 9.06. The summed E-state index contributed by atoms with van der Waals surface area (Å²) in [4.78, 5) is 4.49. The molecule has 0 bridgehead atoms. The van der Waals surface area contributed by atoms with E-state index in [-0.39, 0.29) is 0 Å². The van der Waals surface area contributed by atoms with Crippen LogP contribution in [0.5, 0.6) is 0 Å². The van der Waals surface area contributed by atoms with E-state index in [0.29, 0.717) is 11.5 Å². The lowest BCUT2D eigenvalue weighted by molar-refractivity contribution is 0.834. The highest BCUT2D eigenvalue weighted by Crippen LogP contribution is 2.28. The van der Waals surface area contributed by atoms with Crippen molar-refractivity contribution in [1.29, 1.82) is 5.26 Å². The molecule has 0 aliphatic heterocycles. The highest BCUT2D eigenvalue weighted by molar-refractivity contribution is 9.10. The Morgan fingerprint density at radius 2 is 2.22 bits per heavy atom. The molecule has 1 aromatic carbocycles. The van der Waals surface area contributed by atoms with Gasteiger partial charge in [-0.1, -0.05) is 29.8 Å². The van der Waals surface area contributed by atoms with E-state index in [2.05, 4.69) is 46.1 Å². The molecule has 0 atom stereocenters. The molecule has 0 radical (unpaired) electrons. The molecule has 2 rings (SSSR count). The first kappa shape index (κ1) is 13.1. The first-order valence-corrected chi connectivity index (χ1v) is 7.19. The third-order valence-corrected chi connectivity index (χ3v) is 3.73. The number of nitriles is 1. The minimum absolute atomic E-state index is 0.412. The number of halogens is 1. The average molecular weight is 322 g/mol. The van der Waals surface area contributed by atoms with E-state index in [1.54, 1.807) is 17.4 Å². The average Bonchev–Trinajstić information content (AvgIpc) is 2.78. The van der Waals surface area contributed by atoms with Crippen molar-refractivity contribution in [3.05, 3.63) is 39.3 Å². The van der Waals surface area contributed by atoms with Crippen molar-refractivity contribution in [2.45, 2.75) is 19.8 Å². The van der Waals surface area contributed by atoms with Crippen LogP contribution in [0, 0.1) is 11.3 Å². The maximum atomic E-state index is 9.06. The predicted octanol–water partition coefficient (Wildman–Crippen LogP) is 4.64. The van der Waals surface area contributed by atoms with Crippen molar-refractivity contribution in [2.24, 2.45) is 0 Å². The summed E-state index contributed by atoms with van der Waals surface area (Å²) in [5, 5.41) is 15.1. The second-order valence-electron chi connectivity index (χ2n) is 4.16. The summed E-state index contributed by atoms with van der Waals surface area (Å²) in [5.41, 5.74) is 2.45. The van der Waals surface area contributed by atoms with Crippen LogP contribution >= 0.6 is 27.3 Å². The smallest absolute Gasteiger partial charge is 0.187 e. The first-order valence-electron chi connectivity index (χ1n) is 5.52. The number of benzene rings is 1. The minimum Gasteiger partial charge on any atom is -0.330 e. The molecule has 92 valence electrons. The van der Waals surface area contributed by atoms with Gasteiger partial charge in [-0.25, -0.2) is 4.98 Å². The lowest BCUT2D eigenvalue weighted by Crippen LogP contribution is -1.94. The van der Waals surface area contributed by atoms with Crippen LogP contribution < -0.4 is 5.32 Å². The summed E-state index contributed by atoms with van der Waals surface area (Å²) >= 11 is 4.95. The van der Waals surface area contributed by atoms with Gasteiger partial charge in [0.25, 0.3) is 0 Å². The Morgan fingerprint density at radius 1 is 1.44 bits per heavy atom. The van der Waals surface area contributed by atoms with Crippen molar-refractivity contribution < 1.29 is 0 Å². The quantitative estimate of drug-likeness (QED) is 0.895. The van der Waals surface area contributed by atoms with Gasteiger partial charge in [0.05, 0.1) is 16.9 Å². The van der Waals surface area contributed by atoms with E-state index in [0.717, 1.165) is 21.0 Å². The number of aromatic nitrogens is 1. The molecule has 0 saturated carbocycles. The summed E-state index contributed by atoms with van der Waals surface area (Å²) in [6.07, 6.45) is 0. The topological polar surface area (TPSA) is 48.7 Å². The number of nitrogens with one attached hydrogen (secondary N) is 1. The number of rotatable bonds is 3. The molecule has 1 N–H and O–H groups in total. The molecule has 0 aliphatic carbocycles. The first-order chi connectivity index (χ1) is 8.60. The van der Waals surface area contributed by atoms with Crippen LogP contribution in [0.15, 0.2) is 28.1 Å². The van der Waals surface area contributed by atoms with Gasteiger partial charge in [0.15, 0.2) is 5.13 Å². The second kappa shape index (κ2) is 5.51. The Balaban J connectivity index is 2.28. The van der Waals surface area contributed by atoms with Crippen LogP contribution in [0.4, 0.5) is 10.8 Å². The van der Waals surface area contributed by atoms with E-state index < -0.39 is 0 Å². The van der Waals surface area contributed by atoms with Crippen LogP contribution in [0.25, 0.3) is 0 Å². The van der Waals surface area contributed by atoms with Gasteiger partial charge in [-0.3, -0.25) is 0 Å². The summed E-state index contributed by atoms with van der Waals surface area (Å²) in [5.74, 6) is 0.412. The molecule has 18 heavy (non-hydrogen) atoms. The van der Waals surface area contributed by atoms with Gasteiger partial charge in [0.2, 0.25) is 0 Å². The van der Waals surface area contributed by atoms with Crippen molar-refractivity contribution >= 4 is 38.1 Å². The SMILES string of the molecule is CC(C)c1csc(Nc2cc(Br)ccc2C#N)n1. The third-order valence-electron chi connectivity index (χ3n) is 2.46. The lowest BCUT2D eigenvalue weighted by atomic mass is 10.2. The molecular weight excluding hydrogens is 310 g/mol. The molecule has 0 saturated heterocycles. The standard InChI is InChI=1S/C13H12BrN3S/c1-8(2)12-7-18-13(17-12)16-11-5-10(14)4-3-9(11)6-15/h3-5,7-8H,1-2H3,(H,16,17). The Labute approximate surface area is 119 Å². The molecule has 0 spiro atoms. The summed E-state index contributed by atoms with van der Waals surface area (Å²) in [6.45, 7) is 4.22. The van der Waals surface area contributed by atoms with Crippen molar-refractivity contribution in [1.82, 2.24) is 4.98 Å². The number of hydrogen-bond acceptors (Lipinski definition) is 4. The third kappa shape index (κ3) is 2.89. The molecule has 0 aliphatic rings. The molecule has 0 unspecified atom stereocenters. The van der Waals surface area contributed by atoms with Gasteiger partial charge in [0.1, 0.15) is 6.07 Å². The zero-order chi connectivity index (χ0) is 13.1. The summed E-state index contributed by atoms with van der Waals surface area (Å²) in [6, 6.07) is 7.68. The zero-order valence-electron chi connectivity index (χ0n) is 10.1. The van der Waals surface area contributed by atoms with Crippen molar-refractivity contribution in [3.8, 4) is 6.07 Å². The number of thiazole rings is 1. The molecule has 0 fully saturated rings. The Morgan fingerprint density at radius 3 is 2.83 bits per heavy atom. The largest absolute Gasteiger partial charge is 0.330 e. The normalized spacial score (nSPS) is 10.4. The Bertz CT molecular complexity index is 599.